The Morgan fingerprint density at radius 3 is 2.75 bits per heavy atom. The minimum absolute atomic E-state index is 0.0438. The number of rotatable bonds is 3. The van der Waals surface area contributed by atoms with Gasteiger partial charge in [0, 0.05) is 5.69 Å². The molecule has 0 radical (unpaired) electrons. The van der Waals surface area contributed by atoms with Crippen LogP contribution in [-0.2, 0) is 4.79 Å². The van der Waals surface area contributed by atoms with Crippen molar-refractivity contribution in [1.29, 1.82) is 5.26 Å². The molecule has 0 spiro atoms. The maximum atomic E-state index is 12.5. The monoisotopic (exact) mass is 291 g/mol. The molecule has 0 atom stereocenters. The van der Waals surface area contributed by atoms with E-state index in [2.05, 4.69) is 17.6 Å². The van der Waals surface area contributed by atoms with Crippen LogP contribution in [0.3, 0.4) is 0 Å². The number of nitrogens with zero attached hydrogens (tertiary/aromatic N) is 1. The molecule has 1 fully saturated rings. The average Bonchev–Trinajstić information content (AvgIpc) is 2.48. The molecule has 0 saturated carbocycles. The topological polar surface area (TPSA) is 64.9 Å². The zero-order valence-corrected chi connectivity index (χ0v) is 12.3. The maximum absolute atomic E-state index is 12.5. The van der Waals surface area contributed by atoms with E-state index in [4.69, 9.17) is 16.9 Å². The first-order chi connectivity index (χ1) is 9.61. The predicted octanol–water partition coefficient (Wildman–Crippen LogP) is 2.93. The lowest BCUT2D eigenvalue weighted by atomic mass is 9.76. The molecule has 4 nitrogen and oxygen atoms in total. The second-order valence-electron chi connectivity index (χ2n) is 5.14. The van der Waals surface area contributed by atoms with Crippen molar-refractivity contribution in [3.05, 3.63) is 28.8 Å². The van der Waals surface area contributed by atoms with Gasteiger partial charge < -0.3 is 10.6 Å². The normalized spacial score (nSPS) is 17.2. The summed E-state index contributed by atoms with van der Waals surface area (Å²) in [5, 5.41) is 15.4. The standard InChI is InChI=1S/C15H18ClN3O/c1-2-15(5-7-18-8-6-15)14(20)19-12-4-3-11(10-17)13(16)9-12/h3-4,9,18H,2,5-8H2,1H3,(H,19,20). The van der Waals surface area contributed by atoms with Crippen LogP contribution in [0.4, 0.5) is 5.69 Å². The molecular weight excluding hydrogens is 274 g/mol. The molecule has 1 aliphatic rings. The number of hydrogen-bond acceptors (Lipinski definition) is 3. The van der Waals surface area contributed by atoms with E-state index in [1.807, 2.05) is 6.07 Å². The summed E-state index contributed by atoms with van der Waals surface area (Å²) in [7, 11) is 0. The first-order valence-corrected chi connectivity index (χ1v) is 7.21. The summed E-state index contributed by atoms with van der Waals surface area (Å²) in [6.45, 7) is 3.79. The second kappa shape index (κ2) is 6.25. The highest BCUT2D eigenvalue weighted by molar-refractivity contribution is 6.32. The summed E-state index contributed by atoms with van der Waals surface area (Å²) >= 11 is 5.98. The molecule has 1 aromatic rings. The molecule has 1 aromatic carbocycles. The number of carbonyl (C=O) groups excluding carboxylic acids is 1. The van der Waals surface area contributed by atoms with Crippen molar-refractivity contribution in [3.63, 3.8) is 0 Å². The number of nitrogens with one attached hydrogen (secondary N) is 2. The first-order valence-electron chi connectivity index (χ1n) is 6.83. The van der Waals surface area contributed by atoms with E-state index in [1.54, 1.807) is 18.2 Å². The SMILES string of the molecule is CCC1(C(=O)Nc2ccc(C#N)c(Cl)c2)CCNCC1. The van der Waals surface area contributed by atoms with Gasteiger partial charge in [-0.05, 0) is 50.6 Å². The van der Waals surface area contributed by atoms with Gasteiger partial charge in [0.25, 0.3) is 0 Å². The number of nitriles is 1. The molecule has 0 aromatic heterocycles. The van der Waals surface area contributed by atoms with E-state index in [9.17, 15) is 4.79 Å². The third-order valence-corrected chi connectivity index (χ3v) is 4.38. The Balaban J connectivity index is 2.14. The van der Waals surface area contributed by atoms with Gasteiger partial charge in [-0.3, -0.25) is 4.79 Å². The van der Waals surface area contributed by atoms with Gasteiger partial charge in [-0.2, -0.15) is 5.26 Å². The summed E-state index contributed by atoms with van der Waals surface area (Å²) in [4.78, 5) is 12.5. The fraction of sp³-hybridized carbons (Fsp3) is 0.467. The summed E-state index contributed by atoms with van der Waals surface area (Å²) in [5.41, 5.74) is 0.758. The lowest BCUT2D eigenvalue weighted by Crippen LogP contribution is -2.44. The van der Waals surface area contributed by atoms with Crippen molar-refractivity contribution in [2.45, 2.75) is 26.2 Å². The van der Waals surface area contributed by atoms with Gasteiger partial charge in [-0.1, -0.05) is 18.5 Å². The zero-order chi connectivity index (χ0) is 14.6. The zero-order valence-electron chi connectivity index (χ0n) is 11.5. The van der Waals surface area contributed by atoms with Gasteiger partial charge in [0.15, 0.2) is 0 Å². The van der Waals surface area contributed by atoms with Gasteiger partial charge in [0.05, 0.1) is 16.0 Å². The quantitative estimate of drug-likeness (QED) is 0.900. The summed E-state index contributed by atoms with van der Waals surface area (Å²) in [6.07, 6.45) is 2.52. The Bertz CT molecular complexity index is 545. The number of amides is 1. The van der Waals surface area contributed by atoms with E-state index in [-0.39, 0.29) is 11.3 Å². The van der Waals surface area contributed by atoms with Crippen molar-refractivity contribution in [3.8, 4) is 6.07 Å². The van der Waals surface area contributed by atoms with Crippen LogP contribution in [0.25, 0.3) is 0 Å². The molecule has 2 N–H and O–H groups in total. The van der Waals surface area contributed by atoms with Crippen LogP contribution >= 0.6 is 11.6 Å². The lowest BCUT2D eigenvalue weighted by Gasteiger charge is -2.35. The lowest BCUT2D eigenvalue weighted by molar-refractivity contribution is -0.127. The second-order valence-corrected chi connectivity index (χ2v) is 5.55. The molecule has 20 heavy (non-hydrogen) atoms. The van der Waals surface area contributed by atoms with Gasteiger partial charge in [0.2, 0.25) is 5.91 Å². The first kappa shape index (κ1) is 14.8. The highest BCUT2D eigenvalue weighted by Gasteiger charge is 2.37. The minimum Gasteiger partial charge on any atom is -0.326 e. The average molecular weight is 292 g/mol. The Morgan fingerprint density at radius 1 is 1.50 bits per heavy atom. The fourth-order valence-electron chi connectivity index (χ4n) is 2.59. The van der Waals surface area contributed by atoms with Gasteiger partial charge >= 0.3 is 0 Å². The van der Waals surface area contributed by atoms with Crippen LogP contribution in [0.15, 0.2) is 18.2 Å². The number of carbonyl (C=O) groups is 1. The third-order valence-electron chi connectivity index (χ3n) is 4.07. The van der Waals surface area contributed by atoms with Crippen LogP contribution in [0.2, 0.25) is 5.02 Å². The van der Waals surface area contributed by atoms with Crippen molar-refractivity contribution in [1.82, 2.24) is 5.32 Å². The molecular formula is C15H18ClN3O. The van der Waals surface area contributed by atoms with Gasteiger partial charge in [-0.15, -0.1) is 0 Å². The van der Waals surface area contributed by atoms with Crippen LogP contribution in [0.1, 0.15) is 31.7 Å². The molecule has 0 unspecified atom stereocenters. The maximum Gasteiger partial charge on any atom is 0.230 e. The third kappa shape index (κ3) is 2.95. The molecule has 5 heteroatoms. The molecule has 1 saturated heterocycles. The molecule has 2 rings (SSSR count). The number of benzene rings is 1. The molecule has 1 aliphatic heterocycles. The number of halogens is 1. The Labute approximate surface area is 124 Å². The number of piperidine rings is 1. The molecule has 1 amide bonds. The number of hydrogen-bond donors (Lipinski definition) is 2. The van der Waals surface area contributed by atoms with E-state index >= 15 is 0 Å². The van der Waals surface area contributed by atoms with Crippen LogP contribution < -0.4 is 10.6 Å². The molecule has 1 heterocycles. The fourth-order valence-corrected chi connectivity index (χ4v) is 2.82. The minimum atomic E-state index is -0.300. The van der Waals surface area contributed by atoms with Crippen molar-refractivity contribution >= 4 is 23.2 Å². The summed E-state index contributed by atoms with van der Waals surface area (Å²) in [6, 6.07) is 6.97. The van der Waals surface area contributed by atoms with Crippen molar-refractivity contribution in [2.24, 2.45) is 5.41 Å². The van der Waals surface area contributed by atoms with Gasteiger partial charge in [0.1, 0.15) is 6.07 Å². The van der Waals surface area contributed by atoms with Crippen molar-refractivity contribution in [2.75, 3.05) is 18.4 Å². The number of anilines is 1. The van der Waals surface area contributed by atoms with Crippen LogP contribution in [0, 0.1) is 16.7 Å². The largest absolute Gasteiger partial charge is 0.326 e. The Morgan fingerprint density at radius 2 is 2.20 bits per heavy atom. The predicted molar refractivity (Wildman–Crippen MR) is 79.6 cm³/mol. The smallest absolute Gasteiger partial charge is 0.230 e. The van der Waals surface area contributed by atoms with E-state index in [1.165, 1.54) is 0 Å². The summed E-state index contributed by atoms with van der Waals surface area (Å²) in [5.74, 6) is 0.0438. The van der Waals surface area contributed by atoms with Crippen molar-refractivity contribution < 1.29 is 4.79 Å². The van der Waals surface area contributed by atoms with Crippen LogP contribution in [-0.4, -0.2) is 19.0 Å². The Hall–Kier alpha value is -1.57. The molecule has 106 valence electrons. The Kier molecular flexibility index (Phi) is 4.64. The van der Waals surface area contributed by atoms with Crippen LogP contribution in [0.5, 0.6) is 0 Å². The highest BCUT2D eigenvalue weighted by Crippen LogP contribution is 2.34. The van der Waals surface area contributed by atoms with Gasteiger partial charge in [-0.25, -0.2) is 0 Å². The molecule has 0 aliphatic carbocycles. The van der Waals surface area contributed by atoms with E-state index < -0.39 is 0 Å². The van der Waals surface area contributed by atoms with E-state index in [0.717, 1.165) is 32.4 Å². The summed E-state index contributed by atoms with van der Waals surface area (Å²) < 4.78 is 0. The van der Waals surface area contributed by atoms with E-state index in [0.29, 0.717) is 16.3 Å². The highest BCUT2D eigenvalue weighted by atomic mass is 35.5. The molecule has 0 bridgehead atoms.